The number of nitrogens with zero attached hydrogens (tertiary/aromatic N) is 4. The Labute approximate surface area is 123 Å². The number of para-hydroxylation sites is 1. The van der Waals surface area contributed by atoms with Gasteiger partial charge in [0.05, 0.1) is 6.54 Å². The van der Waals surface area contributed by atoms with Gasteiger partial charge in [-0.3, -0.25) is 4.68 Å². The summed E-state index contributed by atoms with van der Waals surface area (Å²) in [6.07, 6.45) is 6.49. The minimum Gasteiger partial charge on any atom is -0.340 e. The van der Waals surface area contributed by atoms with Crippen molar-refractivity contribution in [3.8, 4) is 0 Å². The molecule has 1 N–H and O–H groups in total. The molecule has 0 saturated heterocycles. The highest BCUT2D eigenvalue weighted by Gasteiger charge is 2.21. The monoisotopic (exact) mass is 281 g/mol. The van der Waals surface area contributed by atoms with Crippen LogP contribution in [0, 0.1) is 0 Å². The SMILES string of the molecule is Cn1ncnc1Cn1cc(CNC2CC2)c2ccccc21. The zero-order chi connectivity index (χ0) is 14.2. The second-order valence-electron chi connectivity index (χ2n) is 5.75. The summed E-state index contributed by atoms with van der Waals surface area (Å²) in [5, 5.41) is 9.08. The Morgan fingerprint density at radius 3 is 2.90 bits per heavy atom. The van der Waals surface area contributed by atoms with Crippen molar-refractivity contribution in [1.82, 2.24) is 24.6 Å². The van der Waals surface area contributed by atoms with Gasteiger partial charge < -0.3 is 9.88 Å². The summed E-state index contributed by atoms with van der Waals surface area (Å²) in [6, 6.07) is 9.30. The van der Waals surface area contributed by atoms with E-state index in [1.54, 1.807) is 6.33 Å². The molecule has 3 aromatic rings. The van der Waals surface area contributed by atoms with E-state index in [-0.39, 0.29) is 0 Å². The summed E-state index contributed by atoms with van der Waals surface area (Å²) >= 11 is 0. The van der Waals surface area contributed by atoms with Crippen LogP contribution in [0.5, 0.6) is 0 Å². The first-order chi connectivity index (χ1) is 10.3. The second-order valence-corrected chi connectivity index (χ2v) is 5.75. The minimum atomic E-state index is 0.728. The van der Waals surface area contributed by atoms with Gasteiger partial charge in [-0.25, -0.2) is 4.98 Å². The highest BCUT2D eigenvalue weighted by atomic mass is 15.3. The Balaban J connectivity index is 1.68. The predicted octanol–water partition coefficient (Wildman–Crippen LogP) is 2.07. The number of aromatic nitrogens is 4. The van der Waals surface area contributed by atoms with Gasteiger partial charge in [-0.2, -0.15) is 5.10 Å². The smallest absolute Gasteiger partial charge is 0.146 e. The molecule has 1 aliphatic carbocycles. The van der Waals surface area contributed by atoms with Crippen LogP contribution in [-0.2, 0) is 20.1 Å². The number of hydrogen-bond acceptors (Lipinski definition) is 3. The van der Waals surface area contributed by atoms with Crippen molar-refractivity contribution in [3.63, 3.8) is 0 Å². The molecule has 5 nitrogen and oxygen atoms in total. The third-order valence-electron chi connectivity index (χ3n) is 4.15. The molecule has 0 bridgehead atoms. The van der Waals surface area contributed by atoms with Crippen LogP contribution >= 0.6 is 0 Å². The van der Waals surface area contributed by atoms with Crippen LogP contribution in [0.4, 0.5) is 0 Å². The van der Waals surface area contributed by atoms with Crippen LogP contribution < -0.4 is 5.32 Å². The van der Waals surface area contributed by atoms with Crippen LogP contribution in [0.2, 0.25) is 0 Å². The van der Waals surface area contributed by atoms with Crippen LogP contribution in [0.3, 0.4) is 0 Å². The summed E-state index contributed by atoms with van der Waals surface area (Å²) in [5.74, 6) is 0.970. The lowest BCUT2D eigenvalue weighted by Crippen LogP contribution is -2.15. The number of fused-ring (bicyclic) bond motifs is 1. The molecule has 0 unspecified atom stereocenters. The van der Waals surface area contributed by atoms with E-state index in [1.807, 2.05) is 11.7 Å². The van der Waals surface area contributed by atoms with Gasteiger partial charge in [0.2, 0.25) is 0 Å². The van der Waals surface area contributed by atoms with E-state index in [0.29, 0.717) is 0 Å². The van der Waals surface area contributed by atoms with Crippen molar-refractivity contribution in [1.29, 1.82) is 0 Å². The quantitative estimate of drug-likeness (QED) is 0.779. The predicted molar refractivity (Wildman–Crippen MR) is 81.9 cm³/mol. The Kier molecular flexibility index (Phi) is 3.00. The highest BCUT2D eigenvalue weighted by molar-refractivity contribution is 5.84. The van der Waals surface area contributed by atoms with Crippen LogP contribution in [0.15, 0.2) is 36.8 Å². The third kappa shape index (κ3) is 2.45. The molecule has 108 valence electrons. The second kappa shape index (κ2) is 5.00. The summed E-state index contributed by atoms with van der Waals surface area (Å²) in [4.78, 5) is 4.33. The normalized spacial score (nSPS) is 14.9. The average Bonchev–Trinajstić information content (AvgIpc) is 3.16. The fourth-order valence-electron chi connectivity index (χ4n) is 2.75. The van der Waals surface area contributed by atoms with Gasteiger partial charge >= 0.3 is 0 Å². The van der Waals surface area contributed by atoms with Crippen LogP contribution in [-0.4, -0.2) is 25.4 Å². The van der Waals surface area contributed by atoms with Crippen LogP contribution in [0.1, 0.15) is 24.2 Å². The van der Waals surface area contributed by atoms with E-state index in [1.165, 1.54) is 29.3 Å². The van der Waals surface area contributed by atoms with Crippen molar-refractivity contribution < 1.29 is 0 Å². The van der Waals surface area contributed by atoms with E-state index in [4.69, 9.17) is 0 Å². The van der Waals surface area contributed by atoms with Gasteiger partial charge in [-0.15, -0.1) is 0 Å². The molecule has 4 rings (SSSR count). The van der Waals surface area contributed by atoms with E-state index in [9.17, 15) is 0 Å². The van der Waals surface area contributed by atoms with Crippen molar-refractivity contribution in [2.75, 3.05) is 0 Å². The molecular weight excluding hydrogens is 262 g/mol. The summed E-state index contributed by atoms with van der Waals surface area (Å²) < 4.78 is 4.10. The standard InChI is InChI=1S/C16H19N5/c1-20-16(18-11-19-20)10-21-9-12(8-17-13-6-7-13)14-4-2-3-5-15(14)21/h2-5,9,11,13,17H,6-8,10H2,1H3. The Hall–Kier alpha value is -2.14. The number of hydrogen-bond donors (Lipinski definition) is 1. The average molecular weight is 281 g/mol. The zero-order valence-electron chi connectivity index (χ0n) is 12.2. The molecule has 0 aliphatic heterocycles. The van der Waals surface area contributed by atoms with Gasteiger partial charge in [0.15, 0.2) is 0 Å². The minimum absolute atomic E-state index is 0.728. The van der Waals surface area contributed by atoms with Crippen molar-refractivity contribution in [2.24, 2.45) is 7.05 Å². The van der Waals surface area contributed by atoms with Gasteiger partial charge in [-0.05, 0) is 24.5 Å². The number of nitrogens with one attached hydrogen (secondary N) is 1. The molecule has 0 spiro atoms. The number of rotatable bonds is 5. The number of benzene rings is 1. The molecule has 0 radical (unpaired) electrons. The molecule has 1 aromatic carbocycles. The molecule has 5 heteroatoms. The van der Waals surface area contributed by atoms with E-state index in [0.717, 1.165) is 25.0 Å². The van der Waals surface area contributed by atoms with E-state index < -0.39 is 0 Å². The molecule has 1 fully saturated rings. The third-order valence-corrected chi connectivity index (χ3v) is 4.15. The molecular formula is C16H19N5. The van der Waals surface area contributed by atoms with E-state index in [2.05, 4.69) is 50.4 Å². The Bertz CT molecular complexity index is 766. The van der Waals surface area contributed by atoms with Crippen molar-refractivity contribution in [3.05, 3.63) is 48.2 Å². The molecule has 2 aromatic heterocycles. The largest absolute Gasteiger partial charge is 0.340 e. The molecule has 1 saturated carbocycles. The van der Waals surface area contributed by atoms with Gasteiger partial charge in [0, 0.05) is 36.7 Å². The molecule has 1 aliphatic rings. The lowest BCUT2D eigenvalue weighted by Gasteiger charge is -2.04. The van der Waals surface area contributed by atoms with E-state index >= 15 is 0 Å². The fourth-order valence-corrected chi connectivity index (χ4v) is 2.75. The summed E-state index contributed by atoms with van der Waals surface area (Å²) in [6.45, 7) is 1.69. The maximum Gasteiger partial charge on any atom is 0.146 e. The van der Waals surface area contributed by atoms with Crippen molar-refractivity contribution in [2.45, 2.75) is 32.0 Å². The molecule has 21 heavy (non-hydrogen) atoms. The lowest BCUT2D eigenvalue weighted by molar-refractivity contribution is 0.658. The van der Waals surface area contributed by atoms with Gasteiger partial charge in [0.1, 0.15) is 12.2 Å². The van der Waals surface area contributed by atoms with Crippen LogP contribution in [0.25, 0.3) is 10.9 Å². The fraction of sp³-hybridized carbons (Fsp3) is 0.375. The number of aryl methyl sites for hydroxylation is 1. The molecule has 0 atom stereocenters. The first kappa shape index (κ1) is 12.6. The first-order valence-electron chi connectivity index (χ1n) is 7.44. The van der Waals surface area contributed by atoms with Gasteiger partial charge in [-0.1, -0.05) is 18.2 Å². The maximum atomic E-state index is 4.33. The first-order valence-corrected chi connectivity index (χ1v) is 7.44. The Morgan fingerprint density at radius 1 is 1.29 bits per heavy atom. The Morgan fingerprint density at radius 2 is 2.14 bits per heavy atom. The summed E-state index contributed by atoms with van der Waals surface area (Å²) in [5.41, 5.74) is 2.62. The molecule has 2 heterocycles. The zero-order valence-corrected chi connectivity index (χ0v) is 12.2. The van der Waals surface area contributed by atoms with Crippen molar-refractivity contribution >= 4 is 10.9 Å². The highest BCUT2D eigenvalue weighted by Crippen LogP contribution is 2.24. The lowest BCUT2D eigenvalue weighted by atomic mass is 10.2. The molecule has 0 amide bonds. The topological polar surface area (TPSA) is 47.7 Å². The maximum absolute atomic E-state index is 4.33. The van der Waals surface area contributed by atoms with Gasteiger partial charge in [0.25, 0.3) is 0 Å². The summed E-state index contributed by atoms with van der Waals surface area (Å²) in [7, 11) is 1.93.